The summed E-state index contributed by atoms with van der Waals surface area (Å²) in [6.45, 7) is -0.0236. The molecule has 0 aliphatic carbocycles. The molecule has 0 spiro atoms. The summed E-state index contributed by atoms with van der Waals surface area (Å²) in [6, 6.07) is 5.18. The maximum absolute atomic E-state index is 12.6. The molecule has 0 atom stereocenters. The number of esters is 1. The molecule has 1 aromatic heterocycles. The molecule has 0 saturated heterocycles. The molecular weight excluding hydrogens is 354 g/mol. The van der Waals surface area contributed by atoms with Gasteiger partial charge >= 0.3 is 5.97 Å². The molecule has 3 rings (SSSR count). The van der Waals surface area contributed by atoms with Crippen LogP contribution in [-0.4, -0.2) is 70.6 Å². The van der Waals surface area contributed by atoms with Gasteiger partial charge in [0.05, 0.1) is 38.6 Å². The fraction of sp³-hybridized carbons (Fsp3) is 0.294. The van der Waals surface area contributed by atoms with Gasteiger partial charge in [-0.15, -0.1) is 0 Å². The summed E-state index contributed by atoms with van der Waals surface area (Å²) in [4.78, 5) is 30.0. The Morgan fingerprint density at radius 2 is 2.15 bits per heavy atom. The number of anilines is 1. The Bertz CT molecular complexity index is 878. The van der Waals surface area contributed by atoms with Crippen LogP contribution in [0.1, 0.15) is 0 Å². The minimum absolute atomic E-state index is 0.0638. The van der Waals surface area contributed by atoms with Crippen molar-refractivity contribution in [2.45, 2.75) is 0 Å². The Kier molecular flexibility index (Phi) is 5.36. The van der Waals surface area contributed by atoms with Crippen LogP contribution in [0.3, 0.4) is 0 Å². The van der Waals surface area contributed by atoms with Crippen LogP contribution in [0.4, 0.5) is 5.69 Å². The smallest absolute Gasteiger partial charge is 0.337 e. The largest absolute Gasteiger partial charge is 0.497 e. The summed E-state index contributed by atoms with van der Waals surface area (Å²) in [7, 11) is 2.77. The van der Waals surface area contributed by atoms with Crippen molar-refractivity contribution in [3.8, 4) is 11.4 Å². The second-order valence-electron chi connectivity index (χ2n) is 5.68. The van der Waals surface area contributed by atoms with Crippen molar-refractivity contribution in [2.75, 3.05) is 39.2 Å². The number of nitrogens with zero attached hydrogens (tertiary/aromatic N) is 4. The van der Waals surface area contributed by atoms with Crippen molar-refractivity contribution < 1.29 is 24.2 Å². The minimum Gasteiger partial charge on any atom is -0.497 e. The third kappa shape index (κ3) is 3.75. The van der Waals surface area contributed by atoms with Crippen LogP contribution in [0.15, 0.2) is 42.1 Å². The summed E-state index contributed by atoms with van der Waals surface area (Å²) in [5, 5.41) is 16.2. The van der Waals surface area contributed by atoms with Gasteiger partial charge in [0.25, 0.3) is 5.91 Å². The highest BCUT2D eigenvalue weighted by atomic mass is 16.5. The van der Waals surface area contributed by atoms with Gasteiger partial charge in [-0.2, -0.15) is 5.10 Å². The average molecular weight is 373 g/mol. The van der Waals surface area contributed by atoms with E-state index in [1.165, 1.54) is 36.5 Å². The van der Waals surface area contributed by atoms with E-state index < -0.39 is 11.9 Å². The van der Waals surface area contributed by atoms with Gasteiger partial charge in [-0.25, -0.2) is 14.5 Å². The second kappa shape index (κ2) is 7.87. The monoisotopic (exact) mass is 373 g/mol. The lowest BCUT2D eigenvalue weighted by atomic mass is 10.2. The van der Waals surface area contributed by atoms with E-state index in [1.54, 1.807) is 18.2 Å². The van der Waals surface area contributed by atoms with Crippen LogP contribution >= 0.6 is 0 Å². The first-order valence-corrected chi connectivity index (χ1v) is 8.10. The van der Waals surface area contributed by atoms with Crippen LogP contribution in [0, 0.1) is 0 Å². The lowest BCUT2D eigenvalue weighted by Crippen LogP contribution is -2.31. The Hall–Kier alpha value is -3.40. The highest BCUT2D eigenvalue weighted by molar-refractivity contribution is 6.08. The zero-order valence-corrected chi connectivity index (χ0v) is 14.9. The molecule has 142 valence electrons. The fourth-order valence-electron chi connectivity index (χ4n) is 2.74. The number of amides is 1. The van der Waals surface area contributed by atoms with Gasteiger partial charge in [0.1, 0.15) is 24.1 Å². The number of methoxy groups -OCH3 is 2. The molecule has 0 unspecified atom stereocenters. The molecule has 1 aliphatic rings. The highest BCUT2D eigenvalue weighted by Gasteiger charge is 2.34. The molecule has 1 aliphatic heterocycles. The number of nitrogens with one attached hydrogen (secondary N) is 1. The van der Waals surface area contributed by atoms with Crippen molar-refractivity contribution in [3.63, 3.8) is 0 Å². The number of β-amino-alcohol motifs (C(OH)–C–C–N with tert-alkyl or cyclic N) is 1. The summed E-state index contributed by atoms with van der Waals surface area (Å²) in [5.74, 6) is -0.469. The number of aliphatic hydroxyl groups is 1. The van der Waals surface area contributed by atoms with Crippen LogP contribution in [0.2, 0.25) is 0 Å². The van der Waals surface area contributed by atoms with Gasteiger partial charge in [0.2, 0.25) is 0 Å². The minimum atomic E-state index is -0.606. The van der Waals surface area contributed by atoms with Gasteiger partial charge in [-0.1, -0.05) is 0 Å². The number of aromatic nitrogens is 3. The van der Waals surface area contributed by atoms with Crippen molar-refractivity contribution in [1.82, 2.24) is 19.7 Å². The number of aliphatic hydroxyl groups excluding tert-OH is 1. The van der Waals surface area contributed by atoms with E-state index in [1.807, 2.05) is 0 Å². The molecule has 2 aromatic rings. The topological polar surface area (TPSA) is 119 Å². The molecule has 27 heavy (non-hydrogen) atoms. The fourth-order valence-corrected chi connectivity index (χ4v) is 2.74. The highest BCUT2D eigenvalue weighted by Crippen LogP contribution is 2.27. The first-order valence-electron chi connectivity index (χ1n) is 8.10. The first kappa shape index (κ1) is 18.4. The number of carbonyl (C=O) groups is 2. The van der Waals surface area contributed by atoms with Crippen molar-refractivity contribution >= 4 is 17.6 Å². The standard InChI is InChI=1S/C17H19N5O5/c1-26-13-6-11(5-12(7-13)22-10-18-9-19-22)20-15-14(17(25)27-2)8-21(3-4-23)16(15)24/h5-7,9-10,20,23H,3-4,8H2,1-2H3. The van der Waals surface area contributed by atoms with E-state index in [0.29, 0.717) is 17.1 Å². The summed E-state index contributed by atoms with van der Waals surface area (Å²) in [5.41, 5.74) is 1.48. The summed E-state index contributed by atoms with van der Waals surface area (Å²) < 4.78 is 11.6. The van der Waals surface area contributed by atoms with E-state index in [4.69, 9.17) is 14.6 Å². The zero-order valence-electron chi connectivity index (χ0n) is 14.9. The average Bonchev–Trinajstić information content (AvgIpc) is 3.32. The predicted molar refractivity (Wildman–Crippen MR) is 94.2 cm³/mol. The SMILES string of the molecule is COC(=O)C1=C(Nc2cc(OC)cc(-n3cncn3)c2)C(=O)N(CCO)C1. The molecule has 0 bridgehead atoms. The molecule has 1 aromatic carbocycles. The number of carbonyl (C=O) groups excluding carboxylic acids is 2. The van der Waals surface area contributed by atoms with E-state index in [-0.39, 0.29) is 31.0 Å². The van der Waals surface area contributed by atoms with Gasteiger partial charge in [-0.05, 0) is 6.07 Å². The molecule has 0 fully saturated rings. The lowest BCUT2D eigenvalue weighted by molar-refractivity contribution is -0.136. The number of hydrogen-bond donors (Lipinski definition) is 2. The molecule has 0 saturated carbocycles. The Morgan fingerprint density at radius 3 is 2.78 bits per heavy atom. The van der Waals surface area contributed by atoms with Crippen molar-refractivity contribution in [2.24, 2.45) is 0 Å². The lowest BCUT2D eigenvalue weighted by Gasteiger charge is -2.15. The Labute approximate surface area is 155 Å². The van der Waals surface area contributed by atoms with Crippen molar-refractivity contribution in [1.29, 1.82) is 0 Å². The summed E-state index contributed by atoms with van der Waals surface area (Å²) >= 11 is 0. The Morgan fingerprint density at radius 1 is 1.33 bits per heavy atom. The molecule has 1 amide bonds. The van der Waals surface area contributed by atoms with Crippen LogP contribution in [-0.2, 0) is 14.3 Å². The zero-order chi connectivity index (χ0) is 19.4. The third-order valence-corrected chi connectivity index (χ3v) is 4.03. The van der Waals surface area contributed by atoms with Gasteiger partial charge in [0, 0.05) is 24.4 Å². The number of rotatable bonds is 7. The van der Waals surface area contributed by atoms with Gasteiger partial charge < -0.3 is 24.8 Å². The van der Waals surface area contributed by atoms with Crippen LogP contribution in [0.5, 0.6) is 5.75 Å². The maximum Gasteiger partial charge on any atom is 0.337 e. The van der Waals surface area contributed by atoms with E-state index in [2.05, 4.69) is 15.4 Å². The second-order valence-corrected chi connectivity index (χ2v) is 5.68. The van der Waals surface area contributed by atoms with Crippen LogP contribution in [0.25, 0.3) is 5.69 Å². The number of hydrogen-bond acceptors (Lipinski definition) is 8. The van der Waals surface area contributed by atoms with Crippen LogP contribution < -0.4 is 10.1 Å². The van der Waals surface area contributed by atoms with Gasteiger partial charge in [0.15, 0.2) is 0 Å². The molecule has 2 heterocycles. The molecular formula is C17H19N5O5. The quantitative estimate of drug-likeness (QED) is 0.649. The van der Waals surface area contributed by atoms with Crippen molar-refractivity contribution in [3.05, 3.63) is 42.1 Å². The van der Waals surface area contributed by atoms with E-state index in [9.17, 15) is 9.59 Å². The number of ether oxygens (including phenoxy) is 2. The van der Waals surface area contributed by atoms with E-state index >= 15 is 0 Å². The Balaban J connectivity index is 1.97. The van der Waals surface area contributed by atoms with E-state index in [0.717, 1.165) is 0 Å². The summed E-state index contributed by atoms with van der Waals surface area (Å²) in [6.07, 6.45) is 2.93. The first-order chi connectivity index (χ1) is 13.1. The third-order valence-electron chi connectivity index (χ3n) is 4.03. The molecule has 10 nitrogen and oxygen atoms in total. The number of benzene rings is 1. The predicted octanol–water partition coefficient (Wildman–Crippen LogP) is -0.0506. The molecule has 10 heteroatoms. The molecule has 2 N–H and O–H groups in total. The van der Waals surface area contributed by atoms with Gasteiger partial charge in [-0.3, -0.25) is 4.79 Å². The molecule has 0 radical (unpaired) electrons. The maximum atomic E-state index is 12.6. The normalized spacial score (nSPS) is 13.9.